The van der Waals surface area contributed by atoms with Crippen LogP contribution in [0.5, 0.6) is 28.7 Å². The number of carbonyl (C=O) groups is 1. The molecule has 0 fully saturated rings. The van der Waals surface area contributed by atoms with Crippen LogP contribution in [0.1, 0.15) is 90.2 Å². The maximum Gasteiger partial charge on any atom is 0.310 e. The van der Waals surface area contributed by atoms with Crippen molar-refractivity contribution in [2.75, 3.05) is 20.8 Å². The third-order valence-electron chi connectivity index (χ3n) is 5.65. The SMILES string of the molecule is CCCCCCCCCOc1cc(C#Cc2cc(OC)c(OC(C)C)cc2OC(=O)CC)ccc1OC. The molecule has 202 valence electrons. The largest absolute Gasteiger partial charge is 0.493 e. The zero-order chi connectivity index (χ0) is 27.0. The predicted octanol–water partition coefficient (Wildman–Crippen LogP) is 7.34. The van der Waals surface area contributed by atoms with Crippen LogP contribution < -0.4 is 23.7 Å². The van der Waals surface area contributed by atoms with Crippen molar-refractivity contribution in [3.05, 3.63) is 41.5 Å². The number of rotatable bonds is 15. The van der Waals surface area contributed by atoms with Gasteiger partial charge in [0.1, 0.15) is 5.75 Å². The Morgan fingerprint density at radius 2 is 1.49 bits per heavy atom. The average molecular weight is 511 g/mol. The molecule has 0 radical (unpaired) electrons. The van der Waals surface area contributed by atoms with Gasteiger partial charge in [-0.05, 0) is 38.5 Å². The lowest BCUT2D eigenvalue weighted by atomic mass is 10.1. The highest BCUT2D eigenvalue weighted by molar-refractivity contribution is 5.74. The summed E-state index contributed by atoms with van der Waals surface area (Å²) in [6.07, 6.45) is 8.74. The van der Waals surface area contributed by atoms with Crippen LogP contribution in [0, 0.1) is 11.8 Å². The van der Waals surface area contributed by atoms with E-state index >= 15 is 0 Å². The Balaban J connectivity index is 2.21. The van der Waals surface area contributed by atoms with Gasteiger partial charge < -0.3 is 23.7 Å². The standard InChI is InChI=1S/C31H42O6/c1-7-9-10-11-12-13-14-19-35-29-20-24(16-18-26(29)33-5)15-17-25-21-28(34-6)30(36-23(3)4)22-27(25)37-31(32)8-2/h16,18,20-23H,7-14,19H2,1-6H3. The lowest BCUT2D eigenvalue weighted by Gasteiger charge is -2.16. The topological polar surface area (TPSA) is 63.2 Å². The molecular weight excluding hydrogens is 468 g/mol. The number of methoxy groups -OCH3 is 2. The summed E-state index contributed by atoms with van der Waals surface area (Å²) < 4.78 is 28.4. The molecule has 0 heterocycles. The van der Waals surface area contributed by atoms with Crippen LogP contribution in [0.4, 0.5) is 0 Å². The number of unbranched alkanes of at least 4 members (excludes halogenated alkanes) is 6. The molecule has 0 bridgehead atoms. The monoisotopic (exact) mass is 510 g/mol. The van der Waals surface area contributed by atoms with E-state index in [0.29, 0.717) is 40.9 Å². The fourth-order valence-corrected chi connectivity index (χ4v) is 3.67. The number of hydrogen-bond acceptors (Lipinski definition) is 6. The first-order chi connectivity index (χ1) is 17.9. The Labute approximate surface area is 222 Å². The first kappa shape index (κ1) is 29.9. The van der Waals surface area contributed by atoms with Gasteiger partial charge in [-0.15, -0.1) is 0 Å². The molecule has 2 rings (SSSR count). The molecular formula is C31H42O6. The van der Waals surface area contributed by atoms with Gasteiger partial charge in [0.05, 0.1) is 32.5 Å². The Bertz CT molecular complexity index is 1050. The van der Waals surface area contributed by atoms with E-state index < -0.39 is 0 Å². The zero-order valence-corrected chi connectivity index (χ0v) is 23.3. The molecule has 0 aliphatic rings. The normalized spacial score (nSPS) is 10.5. The van der Waals surface area contributed by atoms with Crippen LogP contribution in [0.2, 0.25) is 0 Å². The van der Waals surface area contributed by atoms with Gasteiger partial charge in [-0.3, -0.25) is 4.79 Å². The lowest BCUT2D eigenvalue weighted by Crippen LogP contribution is -2.10. The molecule has 6 heteroatoms. The van der Waals surface area contributed by atoms with Gasteiger partial charge in [-0.1, -0.05) is 64.2 Å². The molecule has 0 aliphatic heterocycles. The minimum atomic E-state index is -0.353. The van der Waals surface area contributed by atoms with Crippen LogP contribution in [-0.2, 0) is 4.79 Å². The van der Waals surface area contributed by atoms with Crippen molar-refractivity contribution in [2.45, 2.75) is 85.2 Å². The van der Waals surface area contributed by atoms with Crippen molar-refractivity contribution >= 4 is 5.97 Å². The van der Waals surface area contributed by atoms with E-state index in [9.17, 15) is 4.79 Å². The van der Waals surface area contributed by atoms with Crippen LogP contribution in [-0.4, -0.2) is 32.9 Å². The summed E-state index contributed by atoms with van der Waals surface area (Å²) in [5.41, 5.74) is 1.28. The van der Waals surface area contributed by atoms with Crippen molar-refractivity contribution in [1.82, 2.24) is 0 Å². The van der Waals surface area contributed by atoms with Gasteiger partial charge in [-0.25, -0.2) is 0 Å². The highest BCUT2D eigenvalue weighted by Gasteiger charge is 2.15. The van der Waals surface area contributed by atoms with Crippen LogP contribution in [0.15, 0.2) is 30.3 Å². The molecule has 0 amide bonds. The van der Waals surface area contributed by atoms with E-state index in [-0.39, 0.29) is 18.5 Å². The van der Waals surface area contributed by atoms with Crippen LogP contribution in [0.25, 0.3) is 0 Å². The van der Waals surface area contributed by atoms with E-state index in [1.54, 1.807) is 33.3 Å². The van der Waals surface area contributed by atoms with Crippen molar-refractivity contribution in [3.63, 3.8) is 0 Å². The van der Waals surface area contributed by atoms with Gasteiger partial charge >= 0.3 is 5.97 Å². The molecule has 6 nitrogen and oxygen atoms in total. The van der Waals surface area contributed by atoms with E-state index in [1.807, 2.05) is 32.0 Å². The molecule has 37 heavy (non-hydrogen) atoms. The minimum absolute atomic E-state index is 0.0701. The Kier molecular flexibility index (Phi) is 13.3. The van der Waals surface area contributed by atoms with Crippen LogP contribution in [0.3, 0.4) is 0 Å². The van der Waals surface area contributed by atoms with Gasteiger partial charge in [0.2, 0.25) is 0 Å². The summed E-state index contributed by atoms with van der Waals surface area (Å²) in [6.45, 7) is 8.44. The Hall–Kier alpha value is -3.33. The first-order valence-electron chi connectivity index (χ1n) is 13.3. The van der Waals surface area contributed by atoms with Gasteiger partial charge in [-0.2, -0.15) is 0 Å². The van der Waals surface area contributed by atoms with E-state index in [0.717, 1.165) is 18.4 Å². The molecule has 0 saturated heterocycles. The van der Waals surface area contributed by atoms with Crippen molar-refractivity contribution in [2.24, 2.45) is 0 Å². The van der Waals surface area contributed by atoms with Gasteiger partial charge in [0.25, 0.3) is 0 Å². The fraction of sp³-hybridized carbons (Fsp3) is 0.516. The zero-order valence-electron chi connectivity index (χ0n) is 23.3. The maximum atomic E-state index is 12.1. The van der Waals surface area contributed by atoms with Gasteiger partial charge in [0, 0.05) is 24.1 Å². The highest BCUT2D eigenvalue weighted by atomic mass is 16.5. The molecule has 2 aromatic carbocycles. The molecule has 0 atom stereocenters. The van der Waals surface area contributed by atoms with Gasteiger partial charge in [0.15, 0.2) is 23.0 Å². The number of esters is 1. The molecule has 0 N–H and O–H groups in total. The molecule has 0 saturated carbocycles. The third kappa shape index (κ3) is 10.3. The molecule has 0 aliphatic carbocycles. The summed E-state index contributed by atoms with van der Waals surface area (Å²) >= 11 is 0. The summed E-state index contributed by atoms with van der Waals surface area (Å²) in [6, 6.07) is 8.98. The van der Waals surface area contributed by atoms with Crippen LogP contribution >= 0.6 is 0 Å². The summed E-state index contributed by atoms with van der Waals surface area (Å²) in [5.74, 6) is 8.60. The minimum Gasteiger partial charge on any atom is -0.493 e. The Morgan fingerprint density at radius 1 is 0.784 bits per heavy atom. The van der Waals surface area contributed by atoms with E-state index in [2.05, 4.69) is 18.8 Å². The lowest BCUT2D eigenvalue weighted by molar-refractivity contribution is -0.134. The maximum absolute atomic E-state index is 12.1. The summed E-state index contributed by atoms with van der Waals surface area (Å²) in [5, 5.41) is 0. The quantitative estimate of drug-likeness (QED) is 0.108. The molecule has 0 spiro atoms. The number of hydrogen-bond donors (Lipinski definition) is 0. The molecule has 2 aromatic rings. The van der Waals surface area contributed by atoms with Crippen molar-refractivity contribution in [1.29, 1.82) is 0 Å². The highest BCUT2D eigenvalue weighted by Crippen LogP contribution is 2.36. The fourth-order valence-electron chi connectivity index (χ4n) is 3.67. The summed E-state index contributed by atoms with van der Waals surface area (Å²) in [4.78, 5) is 12.1. The molecule has 0 unspecified atom stereocenters. The Morgan fingerprint density at radius 3 is 2.14 bits per heavy atom. The predicted molar refractivity (Wildman–Crippen MR) is 147 cm³/mol. The second kappa shape index (κ2) is 16.4. The molecule has 0 aromatic heterocycles. The number of benzene rings is 2. The smallest absolute Gasteiger partial charge is 0.310 e. The van der Waals surface area contributed by atoms with Crippen molar-refractivity contribution < 1.29 is 28.5 Å². The number of ether oxygens (including phenoxy) is 5. The van der Waals surface area contributed by atoms with Crippen molar-refractivity contribution in [3.8, 4) is 40.6 Å². The first-order valence-corrected chi connectivity index (χ1v) is 13.3. The second-order valence-electron chi connectivity index (χ2n) is 9.08. The summed E-state index contributed by atoms with van der Waals surface area (Å²) in [7, 11) is 3.19. The van der Waals surface area contributed by atoms with E-state index in [4.69, 9.17) is 23.7 Å². The average Bonchev–Trinajstić information content (AvgIpc) is 2.89. The second-order valence-corrected chi connectivity index (χ2v) is 9.08. The third-order valence-corrected chi connectivity index (χ3v) is 5.65. The van der Waals surface area contributed by atoms with E-state index in [1.165, 1.54) is 32.1 Å². The number of carbonyl (C=O) groups excluding carboxylic acids is 1.